The van der Waals surface area contributed by atoms with Crippen LogP contribution in [-0.2, 0) is 16.0 Å². The van der Waals surface area contributed by atoms with E-state index in [0.29, 0.717) is 10.4 Å². The maximum atomic E-state index is 13.4. The van der Waals surface area contributed by atoms with Crippen LogP contribution < -0.4 is 10.1 Å². The van der Waals surface area contributed by atoms with E-state index in [2.05, 4.69) is 57.6 Å². The molecule has 1 aromatic heterocycles. The number of fused-ring (bicyclic) bond motifs is 2. The van der Waals surface area contributed by atoms with Crippen molar-refractivity contribution in [1.82, 2.24) is 5.32 Å². The van der Waals surface area contributed by atoms with E-state index in [4.69, 9.17) is 14.2 Å². The summed E-state index contributed by atoms with van der Waals surface area (Å²) in [6.07, 6.45) is 5.06. The Morgan fingerprint density at radius 2 is 1.76 bits per heavy atom. The highest BCUT2D eigenvalue weighted by molar-refractivity contribution is 9.10. The molecule has 0 unspecified atom stereocenters. The van der Waals surface area contributed by atoms with Gasteiger partial charge in [-0.25, -0.2) is 9.59 Å². The van der Waals surface area contributed by atoms with Crippen molar-refractivity contribution in [2.24, 2.45) is 0 Å². The van der Waals surface area contributed by atoms with Gasteiger partial charge in [0.1, 0.15) is 11.4 Å². The molecule has 41 heavy (non-hydrogen) atoms. The van der Waals surface area contributed by atoms with Crippen LogP contribution in [0.1, 0.15) is 75.0 Å². The molecular formula is C33H36BrNO5S. The molecule has 0 saturated heterocycles. The largest absolute Gasteiger partial charge is 0.489 e. The molecule has 1 fully saturated rings. The Kier molecular flexibility index (Phi) is 8.90. The zero-order valence-corrected chi connectivity index (χ0v) is 26.4. The highest BCUT2D eigenvalue weighted by Gasteiger charge is 2.28. The molecule has 1 aliphatic carbocycles. The fourth-order valence-electron chi connectivity index (χ4n) is 5.38. The summed E-state index contributed by atoms with van der Waals surface area (Å²) in [5, 5.41) is 5.83. The molecule has 0 bridgehead atoms. The molecule has 4 aromatic rings. The Balaban J connectivity index is 1.69. The first kappa shape index (κ1) is 29.4. The number of carbonyl (C=O) groups excluding carboxylic acids is 2. The van der Waals surface area contributed by atoms with Gasteiger partial charge in [-0.2, -0.15) is 0 Å². The number of amides is 1. The number of alkyl carbamates (subject to hydrolysis) is 1. The fraction of sp³-hybridized carbons (Fsp3) is 0.394. The van der Waals surface area contributed by atoms with Crippen LogP contribution in [0.2, 0.25) is 0 Å². The number of nitrogens with one attached hydrogen (secondary N) is 1. The van der Waals surface area contributed by atoms with E-state index >= 15 is 0 Å². The van der Waals surface area contributed by atoms with Gasteiger partial charge in [0.2, 0.25) is 0 Å². The van der Waals surface area contributed by atoms with Gasteiger partial charge in [0.15, 0.2) is 0 Å². The number of esters is 1. The molecule has 8 heteroatoms. The molecule has 5 rings (SSSR count). The first-order valence-corrected chi connectivity index (χ1v) is 15.8. The van der Waals surface area contributed by atoms with Crippen LogP contribution in [0.15, 0.2) is 53.0 Å². The number of rotatable bonds is 7. The second kappa shape index (κ2) is 12.4. The third-order valence-corrected chi connectivity index (χ3v) is 9.03. The molecule has 1 amide bonds. The monoisotopic (exact) mass is 637 g/mol. The minimum atomic E-state index is -0.629. The van der Waals surface area contributed by atoms with Crippen LogP contribution in [0, 0.1) is 0 Å². The average Bonchev–Trinajstić information content (AvgIpc) is 3.32. The maximum Gasteiger partial charge on any atom is 0.407 e. The van der Waals surface area contributed by atoms with Crippen molar-refractivity contribution in [3.8, 4) is 16.9 Å². The summed E-state index contributed by atoms with van der Waals surface area (Å²) in [5.74, 6) is 0.303. The second-order valence-corrected chi connectivity index (χ2v) is 13.3. The zero-order chi connectivity index (χ0) is 29.1. The second-order valence-electron chi connectivity index (χ2n) is 11.3. The van der Waals surface area contributed by atoms with E-state index in [1.165, 1.54) is 17.8 Å². The van der Waals surface area contributed by atoms with E-state index in [1.54, 1.807) is 6.92 Å². The predicted octanol–water partition coefficient (Wildman–Crippen LogP) is 9.40. The van der Waals surface area contributed by atoms with E-state index < -0.39 is 17.7 Å². The van der Waals surface area contributed by atoms with Gasteiger partial charge in [-0.3, -0.25) is 0 Å². The predicted molar refractivity (Wildman–Crippen MR) is 169 cm³/mol. The van der Waals surface area contributed by atoms with Gasteiger partial charge in [-0.15, -0.1) is 11.3 Å². The molecule has 0 aliphatic heterocycles. The van der Waals surface area contributed by atoms with Crippen LogP contribution in [-0.4, -0.2) is 30.4 Å². The van der Waals surface area contributed by atoms with Crippen LogP contribution in [0.5, 0.6) is 5.75 Å². The lowest BCUT2D eigenvalue weighted by atomic mass is 9.95. The number of benzene rings is 3. The van der Waals surface area contributed by atoms with Gasteiger partial charge in [0.25, 0.3) is 0 Å². The number of halogens is 1. The summed E-state index contributed by atoms with van der Waals surface area (Å²) in [7, 11) is 0. The molecule has 1 heterocycles. The number of hydrogen-bond acceptors (Lipinski definition) is 6. The number of hydrogen-bond donors (Lipinski definition) is 1. The summed E-state index contributed by atoms with van der Waals surface area (Å²) in [6.45, 7) is 7.61. The van der Waals surface area contributed by atoms with Crippen molar-refractivity contribution in [2.75, 3.05) is 6.61 Å². The van der Waals surface area contributed by atoms with Crippen LogP contribution >= 0.6 is 27.3 Å². The summed E-state index contributed by atoms with van der Waals surface area (Å²) >= 11 is 5.35. The van der Waals surface area contributed by atoms with Gasteiger partial charge in [0.05, 0.1) is 29.3 Å². The molecule has 0 atom stereocenters. The lowest BCUT2D eigenvalue weighted by Crippen LogP contribution is -2.32. The fourth-order valence-corrected chi connectivity index (χ4v) is 7.41. The Morgan fingerprint density at radius 3 is 2.49 bits per heavy atom. The Hall–Kier alpha value is -3.10. The molecule has 1 saturated carbocycles. The van der Waals surface area contributed by atoms with Gasteiger partial charge in [-0.05, 0) is 91.7 Å². The van der Waals surface area contributed by atoms with Crippen LogP contribution in [0.3, 0.4) is 0 Å². The summed E-state index contributed by atoms with van der Waals surface area (Å²) < 4.78 is 19.4. The topological polar surface area (TPSA) is 73.9 Å². The normalized spacial score (nSPS) is 14.3. The van der Waals surface area contributed by atoms with Gasteiger partial charge >= 0.3 is 12.1 Å². The highest BCUT2D eigenvalue weighted by atomic mass is 79.9. The SMILES string of the molecule is CCOC(=O)c1c(CNC(=O)OC(C)(C)C)sc2cc(-c3cccc4ccccc34)c(OC3CCCCC3)c(Br)c12. The minimum absolute atomic E-state index is 0.101. The third-order valence-electron chi connectivity index (χ3n) is 7.14. The van der Waals surface area contributed by atoms with E-state index in [1.807, 2.05) is 32.9 Å². The lowest BCUT2D eigenvalue weighted by molar-refractivity contribution is 0.0504. The third kappa shape index (κ3) is 6.54. The first-order chi connectivity index (χ1) is 19.7. The summed E-state index contributed by atoms with van der Waals surface area (Å²) in [4.78, 5) is 26.6. The van der Waals surface area contributed by atoms with E-state index in [-0.39, 0.29) is 19.3 Å². The smallest absolute Gasteiger partial charge is 0.407 e. The Bertz CT molecular complexity index is 1580. The molecule has 216 valence electrons. The molecule has 1 aliphatic rings. The molecule has 6 nitrogen and oxygen atoms in total. The van der Waals surface area contributed by atoms with Crippen molar-refractivity contribution in [1.29, 1.82) is 0 Å². The standard InChI is InChI=1S/C33H36BrNO5S/c1-5-38-31(36)28-26(19-35-32(37)40-33(2,3)4)41-25-18-24(23-17-11-13-20-12-9-10-16-22(20)23)30(29(34)27(25)28)39-21-14-7-6-8-15-21/h9-13,16-18,21H,5-8,14-15,19H2,1-4H3,(H,35,37). The summed E-state index contributed by atoms with van der Waals surface area (Å²) in [5.41, 5.74) is 1.84. The highest BCUT2D eigenvalue weighted by Crippen LogP contribution is 2.49. The van der Waals surface area contributed by atoms with E-state index in [9.17, 15) is 9.59 Å². The van der Waals surface area contributed by atoms with Crippen molar-refractivity contribution in [3.05, 3.63) is 63.4 Å². The minimum Gasteiger partial charge on any atom is -0.489 e. The van der Waals surface area contributed by atoms with Gasteiger partial charge < -0.3 is 19.5 Å². The van der Waals surface area contributed by atoms with E-state index in [0.717, 1.165) is 67.9 Å². The molecular weight excluding hydrogens is 602 g/mol. The average molecular weight is 639 g/mol. The lowest BCUT2D eigenvalue weighted by Gasteiger charge is -2.26. The van der Waals surface area contributed by atoms with Crippen molar-refractivity contribution >= 4 is 60.2 Å². The van der Waals surface area contributed by atoms with Gasteiger partial charge in [-0.1, -0.05) is 48.9 Å². The number of ether oxygens (including phenoxy) is 3. The van der Waals surface area contributed by atoms with Gasteiger partial charge in [0, 0.05) is 20.5 Å². The molecule has 0 spiro atoms. The van der Waals surface area contributed by atoms with Crippen molar-refractivity contribution < 1.29 is 23.8 Å². The molecule has 1 N–H and O–H groups in total. The Morgan fingerprint density at radius 1 is 1.02 bits per heavy atom. The summed E-state index contributed by atoms with van der Waals surface area (Å²) in [6, 6.07) is 16.7. The molecule has 3 aromatic carbocycles. The number of carbonyl (C=O) groups is 2. The van der Waals surface area contributed by atoms with Crippen LogP contribution in [0.4, 0.5) is 4.79 Å². The van der Waals surface area contributed by atoms with Crippen molar-refractivity contribution in [2.45, 2.75) is 78.0 Å². The maximum absolute atomic E-state index is 13.4. The Labute approximate surface area is 253 Å². The molecule has 0 radical (unpaired) electrons. The number of thiophene rings is 1. The zero-order valence-electron chi connectivity index (χ0n) is 24.0. The van der Waals surface area contributed by atoms with Crippen molar-refractivity contribution in [3.63, 3.8) is 0 Å². The van der Waals surface area contributed by atoms with Crippen LogP contribution in [0.25, 0.3) is 32.0 Å². The quantitative estimate of drug-likeness (QED) is 0.204. The first-order valence-electron chi connectivity index (χ1n) is 14.2.